The average molecular weight is 269 g/mol. The summed E-state index contributed by atoms with van der Waals surface area (Å²) in [5.41, 5.74) is 6.43. The van der Waals surface area contributed by atoms with E-state index in [1.165, 1.54) is 6.20 Å². The minimum Gasteiger partial charge on any atom is -0.396 e. The van der Waals surface area contributed by atoms with E-state index in [4.69, 9.17) is 10.5 Å². The van der Waals surface area contributed by atoms with Crippen molar-refractivity contribution < 1.29 is 9.53 Å². The number of nitrogens with two attached hydrogens (primary N) is 1. The maximum atomic E-state index is 12.3. The fourth-order valence-corrected chi connectivity index (χ4v) is 1.72. The third-order valence-corrected chi connectivity index (χ3v) is 2.77. The van der Waals surface area contributed by atoms with Gasteiger partial charge in [-0.15, -0.1) is 0 Å². The number of hydrogen-bond donors (Lipinski definition) is 2. The number of H-pyrrole nitrogens is 1. The van der Waals surface area contributed by atoms with Gasteiger partial charge in [-0.3, -0.25) is 9.89 Å². The van der Waals surface area contributed by atoms with Crippen molar-refractivity contribution in [3.05, 3.63) is 11.9 Å². The van der Waals surface area contributed by atoms with Crippen LogP contribution >= 0.6 is 0 Å². The van der Waals surface area contributed by atoms with E-state index in [0.29, 0.717) is 31.1 Å². The second-order valence-electron chi connectivity index (χ2n) is 4.64. The number of ether oxygens (including phenoxy) is 1. The molecule has 0 radical (unpaired) electrons. The number of methoxy groups -OCH3 is 1. The summed E-state index contributed by atoms with van der Waals surface area (Å²) in [6.07, 6.45) is 2.35. The molecule has 7 heteroatoms. The molecule has 0 bridgehead atoms. The van der Waals surface area contributed by atoms with Gasteiger partial charge in [-0.05, 0) is 27.1 Å². The number of rotatable bonds is 8. The van der Waals surface area contributed by atoms with Crippen molar-refractivity contribution in [3.8, 4) is 0 Å². The molecule has 1 heterocycles. The van der Waals surface area contributed by atoms with Crippen LogP contribution in [0.5, 0.6) is 0 Å². The van der Waals surface area contributed by atoms with Crippen molar-refractivity contribution in [2.75, 3.05) is 53.2 Å². The Morgan fingerprint density at radius 1 is 1.42 bits per heavy atom. The van der Waals surface area contributed by atoms with Gasteiger partial charge < -0.3 is 20.3 Å². The fourth-order valence-electron chi connectivity index (χ4n) is 1.72. The van der Waals surface area contributed by atoms with Crippen LogP contribution < -0.4 is 5.73 Å². The highest BCUT2D eigenvalue weighted by atomic mass is 16.5. The van der Waals surface area contributed by atoms with Crippen LogP contribution in [0.4, 0.5) is 5.69 Å². The summed E-state index contributed by atoms with van der Waals surface area (Å²) in [6, 6.07) is 0. The van der Waals surface area contributed by atoms with Gasteiger partial charge >= 0.3 is 0 Å². The van der Waals surface area contributed by atoms with Crippen LogP contribution in [0.15, 0.2) is 6.20 Å². The minimum atomic E-state index is -0.134. The van der Waals surface area contributed by atoms with Gasteiger partial charge in [0.2, 0.25) is 0 Å². The Labute approximate surface area is 113 Å². The highest BCUT2D eigenvalue weighted by Gasteiger charge is 2.19. The molecule has 0 fully saturated rings. The molecule has 1 aromatic rings. The molecule has 3 N–H and O–H groups in total. The number of carbonyl (C=O) groups is 1. The van der Waals surface area contributed by atoms with Crippen molar-refractivity contribution in [1.82, 2.24) is 20.0 Å². The molecule has 0 saturated carbocycles. The monoisotopic (exact) mass is 269 g/mol. The molecule has 0 unspecified atom stereocenters. The molecule has 1 rings (SSSR count). The van der Waals surface area contributed by atoms with E-state index in [2.05, 4.69) is 15.1 Å². The molecule has 0 saturated heterocycles. The van der Waals surface area contributed by atoms with E-state index >= 15 is 0 Å². The van der Waals surface area contributed by atoms with Crippen molar-refractivity contribution in [2.24, 2.45) is 0 Å². The summed E-state index contributed by atoms with van der Waals surface area (Å²) in [5, 5.41) is 6.42. The first kappa shape index (κ1) is 15.5. The van der Waals surface area contributed by atoms with Gasteiger partial charge in [-0.25, -0.2) is 0 Å². The predicted molar refractivity (Wildman–Crippen MR) is 74.0 cm³/mol. The standard InChI is InChI=1S/C12H23N5O2/c1-16(2)5-4-6-17(7-8-19-3)12(18)11-10(13)9-14-15-11/h9H,4-8,13H2,1-3H3,(H,14,15). The molecule has 1 aromatic heterocycles. The van der Waals surface area contributed by atoms with Crippen molar-refractivity contribution >= 4 is 11.6 Å². The normalized spacial score (nSPS) is 10.9. The molecule has 0 atom stereocenters. The lowest BCUT2D eigenvalue weighted by Crippen LogP contribution is -2.36. The number of nitrogens with one attached hydrogen (secondary N) is 1. The fraction of sp³-hybridized carbons (Fsp3) is 0.667. The minimum absolute atomic E-state index is 0.134. The maximum Gasteiger partial charge on any atom is 0.274 e. The Morgan fingerprint density at radius 3 is 2.68 bits per heavy atom. The lowest BCUT2D eigenvalue weighted by molar-refractivity contribution is 0.0684. The van der Waals surface area contributed by atoms with Crippen molar-refractivity contribution in [1.29, 1.82) is 0 Å². The van der Waals surface area contributed by atoms with Gasteiger partial charge in [0, 0.05) is 20.2 Å². The molecule has 0 aromatic carbocycles. The Bertz CT molecular complexity index is 391. The highest BCUT2D eigenvalue weighted by Crippen LogP contribution is 2.10. The zero-order chi connectivity index (χ0) is 14.3. The van der Waals surface area contributed by atoms with Crippen LogP contribution in [0.25, 0.3) is 0 Å². The largest absolute Gasteiger partial charge is 0.396 e. The first-order valence-corrected chi connectivity index (χ1v) is 6.28. The maximum absolute atomic E-state index is 12.3. The molecule has 19 heavy (non-hydrogen) atoms. The number of aromatic nitrogens is 2. The van der Waals surface area contributed by atoms with E-state index in [-0.39, 0.29) is 5.91 Å². The Kier molecular flexibility index (Phi) is 6.31. The zero-order valence-electron chi connectivity index (χ0n) is 11.8. The van der Waals surface area contributed by atoms with Gasteiger partial charge in [-0.2, -0.15) is 5.10 Å². The topological polar surface area (TPSA) is 87.5 Å². The summed E-state index contributed by atoms with van der Waals surface area (Å²) < 4.78 is 5.04. The summed E-state index contributed by atoms with van der Waals surface area (Å²) in [6.45, 7) is 2.64. The molecule has 0 aliphatic heterocycles. The first-order chi connectivity index (χ1) is 9.06. The zero-order valence-corrected chi connectivity index (χ0v) is 11.8. The second-order valence-corrected chi connectivity index (χ2v) is 4.64. The van der Waals surface area contributed by atoms with E-state index in [1.54, 1.807) is 12.0 Å². The Hall–Kier alpha value is -1.60. The summed E-state index contributed by atoms with van der Waals surface area (Å²) in [7, 11) is 5.63. The summed E-state index contributed by atoms with van der Waals surface area (Å²) in [4.78, 5) is 16.1. The van der Waals surface area contributed by atoms with Crippen molar-refractivity contribution in [2.45, 2.75) is 6.42 Å². The van der Waals surface area contributed by atoms with Gasteiger partial charge in [0.15, 0.2) is 0 Å². The summed E-state index contributed by atoms with van der Waals surface area (Å²) in [5.74, 6) is -0.134. The molecule has 7 nitrogen and oxygen atoms in total. The van der Waals surface area contributed by atoms with E-state index in [0.717, 1.165) is 13.0 Å². The predicted octanol–water partition coefficient (Wildman–Crippen LogP) is 0.0322. The Morgan fingerprint density at radius 2 is 2.16 bits per heavy atom. The van der Waals surface area contributed by atoms with Gasteiger partial charge in [0.05, 0.1) is 18.5 Å². The number of aromatic amines is 1. The SMILES string of the molecule is COCCN(CCCN(C)C)C(=O)c1[nH]ncc1N. The number of nitrogen functional groups attached to an aromatic ring is 1. The Balaban J connectivity index is 2.62. The second kappa shape index (κ2) is 7.75. The molecule has 0 aliphatic rings. The van der Waals surface area contributed by atoms with Crippen LogP contribution in [0.3, 0.4) is 0 Å². The molecular formula is C12H23N5O2. The number of hydrogen-bond acceptors (Lipinski definition) is 5. The van der Waals surface area contributed by atoms with Crippen LogP contribution in [-0.4, -0.2) is 73.4 Å². The summed E-state index contributed by atoms with van der Waals surface area (Å²) >= 11 is 0. The molecule has 1 amide bonds. The molecule has 108 valence electrons. The van der Waals surface area contributed by atoms with Gasteiger partial charge in [-0.1, -0.05) is 0 Å². The number of anilines is 1. The molecular weight excluding hydrogens is 246 g/mol. The average Bonchev–Trinajstić information content (AvgIpc) is 2.78. The smallest absolute Gasteiger partial charge is 0.274 e. The van der Waals surface area contributed by atoms with Crippen LogP contribution in [0.1, 0.15) is 16.9 Å². The quantitative estimate of drug-likeness (QED) is 0.695. The van der Waals surface area contributed by atoms with Crippen LogP contribution in [0.2, 0.25) is 0 Å². The van der Waals surface area contributed by atoms with Crippen molar-refractivity contribution in [3.63, 3.8) is 0 Å². The third kappa shape index (κ3) is 4.88. The number of carbonyl (C=O) groups excluding carboxylic acids is 1. The lowest BCUT2D eigenvalue weighted by Gasteiger charge is -2.22. The van der Waals surface area contributed by atoms with E-state index in [9.17, 15) is 4.79 Å². The highest BCUT2D eigenvalue weighted by molar-refractivity contribution is 5.96. The van der Waals surface area contributed by atoms with Crippen LogP contribution in [0, 0.1) is 0 Å². The van der Waals surface area contributed by atoms with Gasteiger partial charge in [0.1, 0.15) is 5.69 Å². The number of amides is 1. The number of nitrogens with zero attached hydrogens (tertiary/aromatic N) is 3. The van der Waals surface area contributed by atoms with Crippen LogP contribution in [-0.2, 0) is 4.74 Å². The van der Waals surface area contributed by atoms with E-state index in [1.807, 2.05) is 14.1 Å². The molecule has 0 spiro atoms. The van der Waals surface area contributed by atoms with E-state index < -0.39 is 0 Å². The first-order valence-electron chi connectivity index (χ1n) is 6.28. The lowest BCUT2D eigenvalue weighted by atomic mass is 10.3. The van der Waals surface area contributed by atoms with Gasteiger partial charge in [0.25, 0.3) is 5.91 Å². The molecule has 0 aliphatic carbocycles. The third-order valence-electron chi connectivity index (χ3n) is 2.77.